The molecule has 1 aromatic heterocycles. The average Bonchev–Trinajstić information content (AvgIpc) is 3.00. The molecule has 0 aliphatic rings. The van der Waals surface area contributed by atoms with Crippen LogP contribution in [0.15, 0.2) is 36.4 Å². The number of ether oxygens (including phenoxy) is 1. The van der Waals surface area contributed by atoms with E-state index < -0.39 is 0 Å². The van der Waals surface area contributed by atoms with Gasteiger partial charge in [-0.2, -0.15) is 5.10 Å². The fourth-order valence-electron chi connectivity index (χ4n) is 2.58. The second-order valence-corrected chi connectivity index (χ2v) is 5.96. The molecule has 3 rings (SSSR count). The van der Waals surface area contributed by atoms with Gasteiger partial charge in [-0.25, -0.2) is 0 Å². The van der Waals surface area contributed by atoms with Crippen LogP contribution in [0.2, 0.25) is 5.02 Å². The molecule has 2 aromatic carbocycles. The zero-order chi connectivity index (χ0) is 18.8. The van der Waals surface area contributed by atoms with Gasteiger partial charge in [-0.1, -0.05) is 23.7 Å². The summed E-state index contributed by atoms with van der Waals surface area (Å²) < 4.78 is 5.17. The summed E-state index contributed by atoms with van der Waals surface area (Å²) in [6.45, 7) is 1.38. The number of nitrogens with one attached hydrogen (secondary N) is 2. The number of halogens is 1. The molecule has 0 bridgehead atoms. The fraction of sp³-hybridized carbons (Fsp3) is 0.111. The van der Waals surface area contributed by atoms with Crippen LogP contribution in [0.3, 0.4) is 0 Å². The van der Waals surface area contributed by atoms with E-state index in [1.807, 2.05) is 0 Å². The summed E-state index contributed by atoms with van der Waals surface area (Å²) in [5.74, 6) is 0.346. The Hall–Kier alpha value is -3.19. The second kappa shape index (κ2) is 6.97. The van der Waals surface area contributed by atoms with Crippen molar-refractivity contribution >= 4 is 23.3 Å². The van der Waals surface area contributed by atoms with Gasteiger partial charge in [0.1, 0.15) is 28.8 Å². The van der Waals surface area contributed by atoms with Gasteiger partial charge in [0.25, 0.3) is 0 Å². The maximum Gasteiger partial charge on any atom is 0.222 e. The Labute approximate surface area is 154 Å². The summed E-state index contributed by atoms with van der Waals surface area (Å²) in [4.78, 5) is 11.5. The van der Waals surface area contributed by atoms with Gasteiger partial charge in [-0.05, 0) is 23.8 Å². The summed E-state index contributed by atoms with van der Waals surface area (Å²) in [6, 6.07) is 9.70. The number of nitrogens with zero attached hydrogens (tertiary/aromatic N) is 1. The van der Waals surface area contributed by atoms with E-state index >= 15 is 0 Å². The lowest BCUT2D eigenvalue weighted by Gasteiger charge is -2.10. The lowest BCUT2D eigenvalue weighted by Crippen LogP contribution is -2.07. The molecule has 0 unspecified atom stereocenters. The van der Waals surface area contributed by atoms with Crippen LogP contribution in [0.1, 0.15) is 6.92 Å². The second-order valence-electron chi connectivity index (χ2n) is 5.55. The molecular formula is C18H16ClN3O4. The molecule has 0 fully saturated rings. The third-order valence-electron chi connectivity index (χ3n) is 3.77. The Morgan fingerprint density at radius 3 is 2.50 bits per heavy atom. The van der Waals surface area contributed by atoms with Gasteiger partial charge in [-0.15, -0.1) is 0 Å². The van der Waals surface area contributed by atoms with Crippen LogP contribution in [-0.2, 0) is 4.79 Å². The molecule has 0 radical (unpaired) electrons. The molecule has 0 atom stereocenters. The van der Waals surface area contributed by atoms with Crippen LogP contribution in [0.4, 0.5) is 5.82 Å². The van der Waals surface area contributed by atoms with E-state index in [9.17, 15) is 15.0 Å². The first-order valence-electron chi connectivity index (χ1n) is 7.63. The van der Waals surface area contributed by atoms with E-state index in [-0.39, 0.29) is 22.4 Å². The fourth-order valence-corrected chi connectivity index (χ4v) is 2.75. The number of carbonyl (C=O) groups excluding carboxylic acids is 1. The van der Waals surface area contributed by atoms with Crippen molar-refractivity contribution in [3.63, 3.8) is 0 Å². The monoisotopic (exact) mass is 373 g/mol. The predicted octanol–water partition coefficient (Wildman–Crippen LogP) is 3.78. The summed E-state index contributed by atoms with van der Waals surface area (Å²) in [5, 5.41) is 29.6. The lowest BCUT2D eigenvalue weighted by atomic mass is 9.99. The molecule has 1 amide bonds. The number of anilines is 1. The summed E-state index contributed by atoms with van der Waals surface area (Å²) in [6.07, 6.45) is 0. The Balaban J connectivity index is 2.21. The number of hydrogen-bond acceptors (Lipinski definition) is 5. The Kier molecular flexibility index (Phi) is 4.73. The first-order chi connectivity index (χ1) is 12.4. The standard InChI is InChI=1S/C18H16ClN3O4/c1-9(23)20-18-16(10-3-5-11(26-2)6-4-10)17(21-22-18)12-7-13(19)15(25)8-14(12)24/h3-8,24-25H,1-2H3,(H2,20,21,22,23). The number of hydrogen-bond donors (Lipinski definition) is 4. The zero-order valence-electron chi connectivity index (χ0n) is 14.0. The number of rotatable bonds is 4. The molecular weight excluding hydrogens is 358 g/mol. The predicted molar refractivity (Wildman–Crippen MR) is 98.7 cm³/mol. The summed E-state index contributed by atoms with van der Waals surface area (Å²) in [5.41, 5.74) is 1.99. The molecule has 7 nitrogen and oxygen atoms in total. The molecule has 0 spiro atoms. The minimum absolute atomic E-state index is 0.0718. The van der Waals surface area contributed by atoms with Gasteiger partial charge >= 0.3 is 0 Å². The van der Waals surface area contributed by atoms with Crippen molar-refractivity contribution in [2.75, 3.05) is 12.4 Å². The number of aromatic amines is 1. The van der Waals surface area contributed by atoms with Gasteiger partial charge in [0, 0.05) is 18.6 Å². The number of carbonyl (C=O) groups is 1. The van der Waals surface area contributed by atoms with Crippen molar-refractivity contribution in [1.29, 1.82) is 0 Å². The zero-order valence-corrected chi connectivity index (χ0v) is 14.8. The van der Waals surface area contributed by atoms with Crippen molar-refractivity contribution in [1.82, 2.24) is 10.2 Å². The van der Waals surface area contributed by atoms with Gasteiger partial charge in [0.15, 0.2) is 0 Å². The minimum atomic E-state index is -0.275. The van der Waals surface area contributed by atoms with Crippen LogP contribution in [0.5, 0.6) is 17.2 Å². The van der Waals surface area contributed by atoms with Gasteiger partial charge in [0.2, 0.25) is 5.91 Å². The average molecular weight is 374 g/mol. The lowest BCUT2D eigenvalue weighted by molar-refractivity contribution is -0.114. The van der Waals surface area contributed by atoms with Crippen LogP contribution in [0, 0.1) is 0 Å². The molecule has 134 valence electrons. The SMILES string of the molecule is COc1ccc(-c2c(-c3cc(Cl)c(O)cc3O)n[nH]c2NC(C)=O)cc1. The topological polar surface area (TPSA) is 107 Å². The van der Waals surface area contributed by atoms with E-state index in [2.05, 4.69) is 15.5 Å². The minimum Gasteiger partial charge on any atom is -0.507 e. The van der Waals surface area contributed by atoms with E-state index in [1.54, 1.807) is 31.4 Å². The number of phenolic OH excluding ortho intramolecular Hbond substituents is 2. The number of amides is 1. The highest BCUT2D eigenvalue weighted by Crippen LogP contribution is 2.43. The first kappa shape index (κ1) is 17.6. The van der Waals surface area contributed by atoms with Crippen LogP contribution in [-0.4, -0.2) is 33.4 Å². The number of methoxy groups -OCH3 is 1. The van der Waals surface area contributed by atoms with Gasteiger partial charge < -0.3 is 20.3 Å². The third kappa shape index (κ3) is 3.29. The molecule has 4 N–H and O–H groups in total. The number of H-pyrrole nitrogens is 1. The van der Waals surface area contributed by atoms with E-state index in [0.717, 1.165) is 11.6 Å². The third-order valence-corrected chi connectivity index (χ3v) is 4.07. The maximum atomic E-state index is 11.5. The number of benzene rings is 2. The number of aromatic nitrogens is 2. The summed E-state index contributed by atoms with van der Waals surface area (Å²) in [7, 11) is 1.57. The van der Waals surface area contributed by atoms with Crippen molar-refractivity contribution < 1.29 is 19.7 Å². The largest absolute Gasteiger partial charge is 0.507 e. The Morgan fingerprint density at radius 2 is 1.88 bits per heavy atom. The molecule has 0 saturated heterocycles. The normalized spacial score (nSPS) is 10.6. The van der Waals surface area contributed by atoms with Crippen LogP contribution < -0.4 is 10.1 Å². The van der Waals surface area contributed by atoms with Crippen LogP contribution >= 0.6 is 11.6 Å². The number of phenols is 2. The molecule has 8 heteroatoms. The Morgan fingerprint density at radius 1 is 1.19 bits per heavy atom. The van der Waals surface area contributed by atoms with Crippen molar-refractivity contribution in [3.05, 3.63) is 41.4 Å². The molecule has 26 heavy (non-hydrogen) atoms. The highest BCUT2D eigenvalue weighted by atomic mass is 35.5. The molecule has 0 aliphatic heterocycles. The number of aromatic hydroxyl groups is 2. The molecule has 0 aliphatic carbocycles. The summed E-state index contributed by atoms with van der Waals surface area (Å²) >= 11 is 5.98. The van der Waals surface area contributed by atoms with Crippen molar-refractivity contribution in [3.8, 4) is 39.6 Å². The van der Waals surface area contributed by atoms with E-state index in [0.29, 0.717) is 28.4 Å². The van der Waals surface area contributed by atoms with Gasteiger partial charge in [0.05, 0.1) is 17.7 Å². The van der Waals surface area contributed by atoms with E-state index in [4.69, 9.17) is 16.3 Å². The van der Waals surface area contributed by atoms with E-state index in [1.165, 1.54) is 13.0 Å². The quantitative estimate of drug-likeness (QED) is 0.556. The highest BCUT2D eigenvalue weighted by molar-refractivity contribution is 6.32. The maximum absolute atomic E-state index is 11.5. The van der Waals surface area contributed by atoms with Crippen molar-refractivity contribution in [2.24, 2.45) is 0 Å². The Bertz CT molecular complexity index is 967. The molecule has 0 saturated carbocycles. The van der Waals surface area contributed by atoms with Gasteiger partial charge in [-0.3, -0.25) is 9.89 Å². The smallest absolute Gasteiger partial charge is 0.222 e. The first-order valence-corrected chi connectivity index (χ1v) is 8.00. The molecule has 1 heterocycles. The van der Waals surface area contributed by atoms with Crippen molar-refractivity contribution in [2.45, 2.75) is 6.92 Å². The van der Waals surface area contributed by atoms with Crippen LogP contribution in [0.25, 0.3) is 22.4 Å². The molecule has 3 aromatic rings. The highest BCUT2D eigenvalue weighted by Gasteiger charge is 2.21.